The van der Waals surface area contributed by atoms with Crippen molar-refractivity contribution in [2.75, 3.05) is 11.1 Å². The van der Waals surface area contributed by atoms with Gasteiger partial charge in [-0.25, -0.2) is 9.37 Å². The quantitative estimate of drug-likeness (QED) is 0.654. The van der Waals surface area contributed by atoms with E-state index in [2.05, 4.69) is 10.3 Å². The molecule has 0 amide bonds. The molecule has 20 heavy (non-hydrogen) atoms. The number of nitrogens with two attached hydrogens (primary N) is 1. The van der Waals surface area contributed by atoms with Crippen molar-refractivity contribution in [3.05, 3.63) is 51.8 Å². The maximum Gasteiger partial charge on any atom is 0.276 e. The summed E-state index contributed by atoms with van der Waals surface area (Å²) in [5, 5.41) is 22.2. The second-order valence-corrected chi connectivity index (χ2v) is 3.82. The number of nitrogen functional groups attached to an aromatic ring is 1. The lowest BCUT2D eigenvalue weighted by Crippen LogP contribution is -2.00. The highest BCUT2D eigenvalue weighted by Gasteiger charge is 2.10. The molecule has 0 aliphatic heterocycles. The fraction of sp³-hybridized carbons (Fsp3) is 0. The Kier molecular flexibility index (Phi) is 3.43. The fourth-order valence-electron chi connectivity index (χ4n) is 1.54. The Balaban J connectivity index is 2.35. The van der Waals surface area contributed by atoms with Crippen LogP contribution in [0.5, 0.6) is 0 Å². The number of benzene rings is 1. The first-order valence-corrected chi connectivity index (χ1v) is 5.38. The van der Waals surface area contributed by atoms with E-state index in [4.69, 9.17) is 11.0 Å². The summed E-state index contributed by atoms with van der Waals surface area (Å²) in [5.41, 5.74) is 5.47. The van der Waals surface area contributed by atoms with Crippen molar-refractivity contribution in [1.29, 1.82) is 5.26 Å². The van der Waals surface area contributed by atoms with Gasteiger partial charge >= 0.3 is 0 Å². The van der Waals surface area contributed by atoms with Gasteiger partial charge in [-0.05, 0) is 18.2 Å². The third kappa shape index (κ3) is 2.78. The lowest BCUT2D eigenvalue weighted by molar-refractivity contribution is -0.384. The number of nitriles is 1. The number of anilines is 3. The first-order valence-electron chi connectivity index (χ1n) is 5.38. The number of hydrogen-bond acceptors (Lipinski definition) is 6. The summed E-state index contributed by atoms with van der Waals surface area (Å²) in [7, 11) is 0. The van der Waals surface area contributed by atoms with Gasteiger partial charge in [0.15, 0.2) is 0 Å². The number of nitrogens with one attached hydrogen (secondary N) is 1. The van der Waals surface area contributed by atoms with Crippen LogP contribution in [0, 0.1) is 27.3 Å². The van der Waals surface area contributed by atoms with Crippen LogP contribution in [-0.4, -0.2) is 9.91 Å². The van der Waals surface area contributed by atoms with E-state index < -0.39 is 10.7 Å². The normalized spacial score (nSPS) is 9.80. The average molecular weight is 273 g/mol. The van der Waals surface area contributed by atoms with Gasteiger partial charge in [0, 0.05) is 5.69 Å². The molecule has 1 heterocycles. The van der Waals surface area contributed by atoms with Crippen LogP contribution in [0.2, 0.25) is 0 Å². The standard InChI is InChI=1S/C12H8FN5O2/c13-10-2-1-8(3-7(10)6-14)16-12-5-9(18(19)20)4-11(15)17-12/h1-5H,(H3,15,16,17). The van der Waals surface area contributed by atoms with Gasteiger partial charge in [-0.15, -0.1) is 0 Å². The summed E-state index contributed by atoms with van der Waals surface area (Å²) in [6.45, 7) is 0. The lowest BCUT2D eigenvalue weighted by atomic mass is 10.2. The smallest absolute Gasteiger partial charge is 0.276 e. The SMILES string of the molecule is N#Cc1cc(Nc2cc([N+](=O)[O-])cc(N)n2)ccc1F. The second-order valence-electron chi connectivity index (χ2n) is 3.82. The molecule has 0 bridgehead atoms. The van der Waals surface area contributed by atoms with Crippen molar-refractivity contribution in [3.63, 3.8) is 0 Å². The summed E-state index contributed by atoms with van der Waals surface area (Å²) in [6.07, 6.45) is 0. The molecule has 0 fully saturated rings. The van der Waals surface area contributed by atoms with Gasteiger partial charge in [-0.1, -0.05) is 0 Å². The van der Waals surface area contributed by atoms with Crippen LogP contribution in [0.15, 0.2) is 30.3 Å². The minimum Gasteiger partial charge on any atom is -0.383 e. The first-order chi connectivity index (χ1) is 9.49. The monoisotopic (exact) mass is 273 g/mol. The molecule has 0 unspecified atom stereocenters. The Morgan fingerprint density at radius 3 is 2.80 bits per heavy atom. The van der Waals surface area contributed by atoms with E-state index in [0.29, 0.717) is 5.69 Å². The maximum atomic E-state index is 13.2. The van der Waals surface area contributed by atoms with E-state index in [0.717, 1.165) is 12.1 Å². The predicted molar refractivity (Wildman–Crippen MR) is 69.7 cm³/mol. The van der Waals surface area contributed by atoms with Crippen molar-refractivity contribution < 1.29 is 9.31 Å². The average Bonchev–Trinajstić information content (AvgIpc) is 2.40. The van der Waals surface area contributed by atoms with Crippen molar-refractivity contribution in [3.8, 4) is 6.07 Å². The molecule has 8 heteroatoms. The van der Waals surface area contributed by atoms with Gasteiger partial charge < -0.3 is 11.1 Å². The van der Waals surface area contributed by atoms with Crippen molar-refractivity contribution in [2.45, 2.75) is 0 Å². The second kappa shape index (κ2) is 5.19. The van der Waals surface area contributed by atoms with Crippen LogP contribution in [0.3, 0.4) is 0 Å². The maximum absolute atomic E-state index is 13.2. The number of rotatable bonds is 3. The van der Waals surface area contributed by atoms with E-state index in [-0.39, 0.29) is 22.9 Å². The molecule has 0 spiro atoms. The highest BCUT2D eigenvalue weighted by atomic mass is 19.1. The van der Waals surface area contributed by atoms with E-state index in [1.54, 1.807) is 6.07 Å². The minimum absolute atomic E-state index is 0.0238. The molecule has 0 saturated heterocycles. The third-order valence-corrected chi connectivity index (χ3v) is 2.40. The number of hydrogen-bond donors (Lipinski definition) is 2. The van der Waals surface area contributed by atoms with E-state index in [1.807, 2.05) is 0 Å². The zero-order valence-corrected chi connectivity index (χ0v) is 10.0. The van der Waals surface area contributed by atoms with Crippen molar-refractivity contribution >= 4 is 23.0 Å². The molecule has 0 aliphatic rings. The molecular formula is C12H8FN5O2. The van der Waals surface area contributed by atoms with Gasteiger partial charge in [0.1, 0.15) is 23.5 Å². The van der Waals surface area contributed by atoms with Crippen LogP contribution < -0.4 is 11.1 Å². The number of halogens is 1. The third-order valence-electron chi connectivity index (χ3n) is 2.40. The van der Waals surface area contributed by atoms with Gasteiger partial charge in [-0.2, -0.15) is 5.26 Å². The van der Waals surface area contributed by atoms with E-state index in [9.17, 15) is 14.5 Å². The Morgan fingerprint density at radius 2 is 2.15 bits per heavy atom. The zero-order valence-electron chi connectivity index (χ0n) is 10.0. The lowest BCUT2D eigenvalue weighted by Gasteiger charge is -2.07. The zero-order chi connectivity index (χ0) is 14.7. The molecule has 2 aromatic rings. The van der Waals surface area contributed by atoms with Crippen LogP contribution in [0.1, 0.15) is 5.56 Å². The molecule has 7 nitrogen and oxygen atoms in total. The minimum atomic E-state index is -0.649. The molecule has 100 valence electrons. The summed E-state index contributed by atoms with van der Waals surface area (Å²) >= 11 is 0. The van der Waals surface area contributed by atoms with Gasteiger partial charge in [0.25, 0.3) is 5.69 Å². The molecule has 0 radical (unpaired) electrons. The van der Waals surface area contributed by atoms with Crippen LogP contribution in [-0.2, 0) is 0 Å². The Morgan fingerprint density at radius 1 is 1.40 bits per heavy atom. The highest BCUT2D eigenvalue weighted by molar-refractivity contribution is 5.62. The molecular weight excluding hydrogens is 265 g/mol. The molecule has 1 aromatic carbocycles. The Labute approximate surface area is 112 Å². The number of nitro groups is 1. The number of pyridine rings is 1. The molecule has 0 saturated carbocycles. The largest absolute Gasteiger partial charge is 0.383 e. The number of aromatic nitrogens is 1. The molecule has 3 N–H and O–H groups in total. The molecule has 2 rings (SSSR count). The van der Waals surface area contributed by atoms with Crippen LogP contribution in [0.4, 0.5) is 27.4 Å². The first kappa shape index (κ1) is 13.2. The van der Waals surface area contributed by atoms with E-state index in [1.165, 1.54) is 18.2 Å². The summed E-state index contributed by atoms with van der Waals surface area (Å²) in [6, 6.07) is 7.77. The molecule has 0 aliphatic carbocycles. The Bertz CT molecular complexity index is 726. The van der Waals surface area contributed by atoms with Crippen molar-refractivity contribution in [2.24, 2.45) is 0 Å². The summed E-state index contributed by atoms with van der Waals surface area (Å²) in [4.78, 5) is 14.0. The highest BCUT2D eigenvalue weighted by Crippen LogP contribution is 2.23. The topological polar surface area (TPSA) is 118 Å². The predicted octanol–water partition coefficient (Wildman–Crippen LogP) is 2.33. The summed E-state index contributed by atoms with van der Waals surface area (Å²) in [5.74, 6) is -0.541. The Hall–Kier alpha value is -3.21. The van der Waals surface area contributed by atoms with Gasteiger partial charge in [0.05, 0.1) is 22.6 Å². The van der Waals surface area contributed by atoms with Gasteiger partial charge in [-0.3, -0.25) is 10.1 Å². The van der Waals surface area contributed by atoms with Crippen LogP contribution in [0.25, 0.3) is 0 Å². The summed E-state index contributed by atoms with van der Waals surface area (Å²) < 4.78 is 13.2. The van der Waals surface area contributed by atoms with Gasteiger partial charge in [0.2, 0.25) is 0 Å². The molecule has 0 atom stereocenters. The number of nitrogens with zero attached hydrogens (tertiary/aromatic N) is 3. The van der Waals surface area contributed by atoms with Crippen LogP contribution >= 0.6 is 0 Å². The van der Waals surface area contributed by atoms with Crippen molar-refractivity contribution in [1.82, 2.24) is 4.98 Å². The van der Waals surface area contributed by atoms with E-state index >= 15 is 0 Å². The molecule has 1 aromatic heterocycles. The fourth-order valence-corrected chi connectivity index (χ4v) is 1.54.